The second-order valence-electron chi connectivity index (χ2n) is 4.35. The van der Waals surface area contributed by atoms with Gasteiger partial charge in [-0.1, -0.05) is 6.07 Å². The SMILES string of the molecule is C[C@H](Oc1cccc(F)c1)C(=O)NCC[C@@H](O)C(F)(F)F. The van der Waals surface area contributed by atoms with E-state index in [1.54, 1.807) is 0 Å². The molecule has 0 bridgehead atoms. The molecule has 1 amide bonds. The van der Waals surface area contributed by atoms with Crippen molar-refractivity contribution in [3.63, 3.8) is 0 Å². The van der Waals surface area contributed by atoms with E-state index in [0.29, 0.717) is 0 Å². The fourth-order valence-electron chi connectivity index (χ4n) is 1.44. The molecular weight excluding hydrogens is 294 g/mol. The first kappa shape index (κ1) is 17.2. The van der Waals surface area contributed by atoms with E-state index in [2.05, 4.69) is 5.32 Å². The Balaban J connectivity index is 2.38. The zero-order valence-electron chi connectivity index (χ0n) is 11.2. The highest BCUT2D eigenvalue weighted by molar-refractivity contribution is 5.80. The van der Waals surface area contributed by atoms with Crippen molar-refractivity contribution in [3.8, 4) is 5.75 Å². The molecule has 1 aromatic rings. The molecule has 21 heavy (non-hydrogen) atoms. The highest BCUT2D eigenvalue weighted by Gasteiger charge is 2.37. The van der Waals surface area contributed by atoms with Crippen molar-refractivity contribution in [1.29, 1.82) is 0 Å². The Kier molecular flexibility index (Phi) is 5.95. The maximum absolute atomic E-state index is 12.9. The summed E-state index contributed by atoms with van der Waals surface area (Å²) in [5.41, 5.74) is 0. The quantitative estimate of drug-likeness (QED) is 0.791. The third-order valence-electron chi connectivity index (χ3n) is 2.57. The Morgan fingerprint density at radius 1 is 1.43 bits per heavy atom. The molecule has 0 heterocycles. The molecule has 0 aliphatic heterocycles. The lowest BCUT2D eigenvalue weighted by atomic mass is 10.2. The van der Waals surface area contributed by atoms with Crippen LogP contribution in [0.25, 0.3) is 0 Å². The summed E-state index contributed by atoms with van der Waals surface area (Å²) in [6.45, 7) is 1.02. The van der Waals surface area contributed by atoms with E-state index in [1.165, 1.54) is 25.1 Å². The molecule has 118 valence electrons. The first-order valence-electron chi connectivity index (χ1n) is 6.15. The predicted octanol–water partition coefficient (Wildman–Crippen LogP) is 2.02. The summed E-state index contributed by atoms with van der Waals surface area (Å²) in [5, 5.41) is 11.0. The number of ether oxygens (including phenoxy) is 1. The van der Waals surface area contributed by atoms with Crippen molar-refractivity contribution < 1.29 is 32.2 Å². The van der Waals surface area contributed by atoms with Crippen molar-refractivity contribution in [2.75, 3.05) is 6.54 Å². The minimum atomic E-state index is -4.71. The lowest BCUT2D eigenvalue weighted by Crippen LogP contribution is -2.39. The van der Waals surface area contributed by atoms with Crippen LogP contribution in [0.1, 0.15) is 13.3 Å². The van der Waals surface area contributed by atoms with E-state index in [4.69, 9.17) is 9.84 Å². The molecule has 0 aliphatic rings. The standard InChI is InChI=1S/C13H15F4NO3/c1-8(21-10-4-2-3-9(14)7-10)12(20)18-6-5-11(19)13(15,16)17/h2-4,7-8,11,19H,5-6H2,1H3,(H,18,20)/t8-,11+/m0/s1. The van der Waals surface area contributed by atoms with Crippen molar-refractivity contribution in [2.45, 2.75) is 31.7 Å². The Morgan fingerprint density at radius 2 is 2.10 bits per heavy atom. The van der Waals surface area contributed by atoms with Crippen LogP contribution in [0.3, 0.4) is 0 Å². The van der Waals surface area contributed by atoms with Gasteiger partial charge in [-0.2, -0.15) is 13.2 Å². The number of halogens is 4. The van der Waals surface area contributed by atoms with Crippen LogP contribution in [0.2, 0.25) is 0 Å². The van der Waals surface area contributed by atoms with Gasteiger partial charge in [0, 0.05) is 12.6 Å². The van der Waals surface area contributed by atoms with E-state index in [9.17, 15) is 22.4 Å². The first-order valence-corrected chi connectivity index (χ1v) is 6.15. The molecule has 2 N–H and O–H groups in total. The molecular formula is C13H15F4NO3. The average Bonchev–Trinajstić information content (AvgIpc) is 2.37. The number of aliphatic hydroxyl groups is 1. The van der Waals surface area contributed by atoms with E-state index in [1.807, 2.05) is 0 Å². The topological polar surface area (TPSA) is 58.6 Å². The van der Waals surface area contributed by atoms with Gasteiger partial charge in [0.15, 0.2) is 12.2 Å². The molecule has 8 heteroatoms. The van der Waals surface area contributed by atoms with Crippen LogP contribution in [-0.2, 0) is 4.79 Å². The summed E-state index contributed by atoms with van der Waals surface area (Å²) in [6, 6.07) is 5.13. The maximum atomic E-state index is 12.9. The number of benzene rings is 1. The Morgan fingerprint density at radius 3 is 2.67 bits per heavy atom. The highest BCUT2D eigenvalue weighted by Crippen LogP contribution is 2.21. The van der Waals surface area contributed by atoms with Gasteiger partial charge in [0.05, 0.1) is 0 Å². The molecule has 0 aliphatic carbocycles. The van der Waals surface area contributed by atoms with Gasteiger partial charge in [-0.15, -0.1) is 0 Å². The Labute approximate surface area is 118 Å². The molecule has 0 saturated carbocycles. The average molecular weight is 309 g/mol. The third-order valence-corrected chi connectivity index (χ3v) is 2.57. The number of aliphatic hydroxyl groups excluding tert-OH is 1. The monoisotopic (exact) mass is 309 g/mol. The number of amides is 1. The Bertz CT molecular complexity index is 479. The lowest BCUT2D eigenvalue weighted by Gasteiger charge is -2.17. The number of alkyl halides is 3. The van der Waals surface area contributed by atoms with Gasteiger partial charge in [-0.25, -0.2) is 4.39 Å². The van der Waals surface area contributed by atoms with Crippen LogP contribution in [0.15, 0.2) is 24.3 Å². The van der Waals surface area contributed by atoms with E-state index < -0.39 is 36.5 Å². The smallest absolute Gasteiger partial charge is 0.414 e. The summed E-state index contributed by atoms with van der Waals surface area (Å²) >= 11 is 0. The van der Waals surface area contributed by atoms with Crippen molar-refractivity contribution in [2.24, 2.45) is 0 Å². The summed E-state index contributed by atoms with van der Waals surface area (Å²) in [5.74, 6) is -1.06. The van der Waals surface area contributed by atoms with Crippen molar-refractivity contribution in [3.05, 3.63) is 30.1 Å². The largest absolute Gasteiger partial charge is 0.481 e. The maximum Gasteiger partial charge on any atom is 0.414 e. The van der Waals surface area contributed by atoms with Crippen LogP contribution >= 0.6 is 0 Å². The second kappa shape index (κ2) is 7.26. The van der Waals surface area contributed by atoms with Crippen LogP contribution in [0.5, 0.6) is 5.75 Å². The normalized spacial score (nSPS) is 14.4. The molecule has 1 aromatic carbocycles. The van der Waals surface area contributed by atoms with E-state index in [0.717, 1.165) is 6.07 Å². The van der Waals surface area contributed by atoms with Gasteiger partial charge < -0.3 is 15.2 Å². The van der Waals surface area contributed by atoms with Gasteiger partial charge in [-0.05, 0) is 25.5 Å². The van der Waals surface area contributed by atoms with Crippen molar-refractivity contribution >= 4 is 5.91 Å². The van der Waals surface area contributed by atoms with E-state index >= 15 is 0 Å². The van der Waals surface area contributed by atoms with Crippen LogP contribution in [-0.4, -0.2) is 35.9 Å². The summed E-state index contributed by atoms with van der Waals surface area (Å²) in [4.78, 5) is 11.6. The predicted molar refractivity (Wildman–Crippen MR) is 66.2 cm³/mol. The number of carbonyl (C=O) groups excluding carboxylic acids is 1. The molecule has 0 saturated heterocycles. The lowest BCUT2D eigenvalue weighted by molar-refractivity contribution is -0.205. The zero-order valence-corrected chi connectivity index (χ0v) is 11.2. The molecule has 1 rings (SSSR count). The molecule has 0 unspecified atom stereocenters. The van der Waals surface area contributed by atoms with Gasteiger partial charge in [0.25, 0.3) is 5.91 Å². The molecule has 0 spiro atoms. The molecule has 0 aromatic heterocycles. The second-order valence-corrected chi connectivity index (χ2v) is 4.35. The fourth-order valence-corrected chi connectivity index (χ4v) is 1.44. The minimum Gasteiger partial charge on any atom is -0.481 e. The van der Waals surface area contributed by atoms with E-state index in [-0.39, 0.29) is 12.3 Å². The Hall–Kier alpha value is -1.83. The highest BCUT2D eigenvalue weighted by atomic mass is 19.4. The summed E-state index contributed by atoms with van der Waals surface area (Å²) in [7, 11) is 0. The molecule has 0 fully saturated rings. The summed E-state index contributed by atoms with van der Waals surface area (Å²) < 4.78 is 54.2. The van der Waals surface area contributed by atoms with Crippen molar-refractivity contribution in [1.82, 2.24) is 5.32 Å². The number of carbonyl (C=O) groups is 1. The van der Waals surface area contributed by atoms with Gasteiger partial charge >= 0.3 is 6.18 Å². The number of rotatable bonds is 6. The van der Waals surface area contributed by atoms with Crippen LogP contribution in [0.4, 0.5) is 17.6 Å². The van der Waals surface area contributed by atoms with Crippen LogP contribution < -0.4 is 10.1 Å². The third kappa shape index (κ3) is 5.99. The zero-order chi connectivity index (χ0) is 16.0. The summed E-state index contributed by atoms with van der Waals surface area (Å²) in [6.07, 6.45) is -8.86. The molecule has 0 radical (unpaired) electrons. The van der Waals surface area contributed by atoms with Gasteiger partial charge in [-0.3, -0.25) is 4.79 Å². The van der Waals surface area contributed by atoms with Gasteiger partial charge in [0.2, 0.25) is 0 Å². The number of nitrogens with one attached hydrogen (secondary N) is 1. The number of hydrogen-bond acceptors (Lipinski definition) is 3. The minimum absolute atomic E-state index is 0.132. The first-order chi connectivity index (χ1) is 9.70. The molecule has 4 nitrogen and oxygen atoms in total. The van der Waals surface area contributed by atoms with Gasteiger partial charge in [0.1, 0.15) is 11.6 Å². The fraction of sp³-hybridized carbons (Fsp3) is 0.462. The molecule has 2 atom stereocenters. The van der Waals surface area contributed by atoms with Crippen LogP contribution in [0, 0.1) is 5.82 Å². The number of hydrogen-bond donors (Lipinski definition) is 2.